The normalized spacial score (nSPS) is 10.2. The van der Waals surface area contributed by atoms with E-state index < -0.39 is 18.5 Å². The summed E-state index contributed by atoms with van der Waals surface area (Å²) in [5.74, 6) is -1.23. The van der Waals surface area contributed by atoms with Gasteiger partial charge in [-0.25, -0.2) is 9.48 Å². The lowest BCUT2D eigenvalue weighted by Gasteiger charge is -2.07. The minimum atomic E-state index is -0.779. The minimum Gasteiger partial charge on any atom is -0.451 e. The topological polar surface area (TPSA) is 90.3 Å². The van der Waals surface area contributed by atoms with Gasteiger partial charge in [0.25, 0.3) is 11.5 Å². The van der Waals surface area contributed by atoms with Crippen LogP contribution in [0.25, 0.3) is 0 Å². The molecule has 0 spiro atoms. The van der Waals surface area contributed by atoms with Gasteiger partial charge in [0, 0.05) is 24.7 Å². The van der Waals surface area contributed by atoms with Gasteiger partial charge in [-0.05, 0) is 23.8 Å². The number of carbonyl (C=O) groups is 2. The highest BCUT2D eigenvalue weighted by molar-refractivity contribution is 6.30. The molecule has 0 aliphatic heterocycles. The zero-order chi connectivity index (χ0) is 16.8. The molecule has 7 nitrogen and oxygen atoms in total. The van der Waals surface area contributed by atoms with Crippen LogP contribution in [0.3, 0.4) is 0 Å². The van der Waals surface area contributed by atoms with Crippen LogP contribution in [0.5, 0.6) is 0 Å². The van der Waals surface area contributed by atoms with Crippen molar-refractivity contribution < 1.29 is 14.3 Å². The van der Waals surface area contributed by atoms with Crippen molar-refractivity contribution in [1.29, 1.82) is 0 Å². The molecule has 0 saturated heterocycles. The number of hydrogen-bond acceptors (Lipinski definition) is 5. The SMILES string of the molecule is Cn1nc(C(=O)OCC(=O)NCc2cccc(Cl)c2)ccc1=O. The number of aromatic nitrogens is 2. The molecule has 2 rings (SSSR count). The largest absolute Gasteiger partial charge is 0.451 e. The molecule has 23 heavy (non-hydrogen) atoms. The molecule has 0 bridgehead atoms. The van der Waals surface area contributed by atoms with Gasteiger partial charge in [0.05, 0.1) is 0 Å². The first-order valence-electron chi connectivity index (χ1n) is 6.68. The van der Waals surface area contributed by atoms with Crippen molar-refractivity contribution in [2.45, 2.75) is 6.54 Å². The molecular formula is C15H14ClN3O4. The molecule has 0 fully saturated rings. The van der Waals surface area contributed by atoms with E-state index in [0.29, 0.717) is 5.02 Å². The zero-order valence-corrected chi connectivity index (χ0v) is 13.0. The summed E-state index contributed by atoms with van der Waals surface area (Å²) >= 11 is 5.84. The van der Waals surface area contributed by atoms with Crippen LogP contribution < -0.4 is 10.9 Å². The van der Waals surface area contributed by atoms with Crippen LogP contribution in [0.4, 0.5) is 0 Å². The number of carbonyl (C=O) groups excluding carboxylic acids is 2. The third kappa shape index (κ3) is 4.93. The molecule has 1 amide bonds. The van der Waals surface area contributed by atoms with Gasteiger partial charge < -0.3 is 10.1 Å². The molecule has 1 aromatic heterocycles. The Hall–Kier alpha value is -2.67. The maximum Gasteiger partial charge on any atom is 0.359 e. The number of nitrogens with one attached hydrogen (secondary N) is 1. The summed E-state index contributed by atoms with van der Waals surface area (Å²) in [4.78, 5) is 34.6. The number of benzene rings is 1. The lowest BCUT2D eigenvalue weighted by Crippen LogP contribution is -2.29. The van der Waals surface area contributed by atoms with Crippen LogP contribution >= 0.6 is 11.6 Å². The van der Waals surface area contributed by atoms with E-state index in [2.05, 4.69) is 10.4 Å². The predicted molar refractivity (Wildman–Crippen MR) is 83.1 cm³/mol. The van der Waals surface area contributed by atoms with Gasteiger partial charge in [-0.15, -0.1) is 0 Å². The van der Waals surface area contributed by atoms with E-state index in [9.17, 15) is 14.4 Å². The van der Waals surface area contributed by atoms with Crippen molar-refractivity contribution >= 4 is 23.5 Å². The van der Waals surface area contributed by atoms with Crippen molar-refractivity contribution in [2.75, 3.05) is 6.61 Å². The van der Waals surface area contributed by atoms with E-state index in [1.54, 1.807) is 18.2 Å². The first-order valence-corrected chi connectivity index (χ1v) is 7.06. The fourth-order valence-corrected chi connectivity index (χ4v) is 1.93. The minimum absolute atomic E-state index is 0.0465. The van der Waals surface area contributed by atoms with Gasteiger partial charge in [-0.3, -0.25) is 9.59 Å². The Labute approximate surface area is 136 Å². The Balaban J connectivity index is 1.82. The maximum absolute atomic E-state index is 11.7. The van der Waals surface area contributed by atoms with E-state index >= 15 is 0 Å². The quantitative estimate of drug-likeness (QED) is 0.820. The molecule has 0 aliphatic rings. The van der Waals surface area contributed by atoms with Crippen molar-refractivity contribution in [3.63, 3.8) is 0 Å². The Kier molecular flexibility index (Phi) is 5.48. The fraction of sp³-hybridized carbons (Fsp3) is 0.200. The van der Waals surface area contributed by atoms with Gasteiger partial charge in [0.1, 0.15) is 0 Å². The summed E-state index contributed by atoms with van der Waals surface area (Å²) in [6.45, 7) is -0.168. The monoisotopic (exact) mass is 335 g/mol. The summed E-state index contributed by atoms with van der Waals surface area (Å²) in [5, 5.41) is 6.91. The molecule has 1 N–H and O–H groups in total. The number of rotatable bonds is 5. The summed E-state index contributed by atoms with van der Waals surface area (Å²) in [7, 11) is 1.41. The molecule has 1 heterocycles. The van der Waals surface area contributed by atoms with E-state index in [1.807, 2.05) is 6.07 Å². The third-order valence-electron chi connectivity index (χ3n) is 2.88. The van der Waals surface area contributed by atoms with Gasteiger partial charge in [0.2, 0.25) is 0 Å². The number of aryl methyl sites for hydroxylation is 1. The average molecular weight is 336 g/mol. The van der Waals surface area contributed by atoms with Crippen LogP contribution in [0.1, 0.15) is 16.1 Å². The van der Waals surface area contributed by atoms with Crippen LogP contribution in [0.2, 0.25) is 5.02 Å². The first-order chi connectivity index (χ1) is 11.0. The second-order valence-corrected chi connectivity index (χ2v) is 5.10. The number of halogens is 1. The van der Waals surface area contributed by atoms with E-state index in [4.69, 9.17) is 16.3 Å². The van der Waals surface area contributed by atoms with Crippen LogP contribution in [-0.2, 0) is 23.1 Å². The average Bonchev–Trinajstić information content (AvgIpc) is 2.53. The standard InChI is InChI=1S/C15H14ClN3O4/c1-19-14(21)6-5-12(18-19)15(22)23-9-13(20)17-8-10-3-2-4-11(16)7-10/h2-7H,8-9H2,1H3,(H,17,20). The molecule has 0 aliphatic carbocycles. The highest BCUT2D eigenvalue weighted by Gasteiger charge is 2.12. The molecule has 2 aromatic rings. The van der Waals surface area contributed by atoms with Gasteiger partial charge >= 0.3 is 5.97 Å². The molecule has 0 atom stereocenters. The third-order valence-corrected chi connectivity index (χ3v) is 3.12. The maximum atomic E-state index is 11.7. The van der Waals surface area contributed by atoms with Crippen LogP contribution in [0.15, 0.2) is 41.2 Å². The Morgan fingerprint density at radius 1 is 1.30 bits per heavy atom. The number of hydrogen-bond donors (Lipinski definition) is 1. The van der Waals surface area contributed by atoms with Crippen molar-refractivity contribution in [1.82, 2.24) is 15.1 Å². The summed E-state index contributed by atoms with van der Waals surface area (Å²) in [6.07, 6.45) is 0. The highest BCUT2D eigenvalue weighted by Crippen LogP contribution is 2.10. The Morgan fingerprint density at radius 2 is 2.09 bits per heavy atom. The van der Waals surface area contributed by atoms with Crippen molar-refractivity contribution in [3.05, 3.63) is 63.0 Å². The van der Waals surface area contributed by atoms with Crippen molar-refractivity contribution in [2.24, 2.45) is 7.05 Å². The molecule has 0 saturated carbocycles. The van der Waals surface area contributed by atoms with Crippen LogP contribution in [0, 0.1) is 0 Å². The molecule has 0 radical (unpaired) electrons. The zero-order valence-electron chi connectivity index (χ0n) is 12.3. The van der Waals surface area contributed by atoms with Gasteiger partial charge in [-0.2, -0.15) is 5.10 Å². The Morgan fingerprint density at radius 3 is 2.78 bits per heavy atom. The number of amides is 1. The molecule has 8 heteroatoms. The highest BCUT2D eigenvalue weighted by atomic mass is 35.5. The first kappa shape index (κ1) is 16.7. The number of nitrogens with zero attached hydrogens (tertiary/aromatic N) is 2. The molecule has 120 valence electrons. The second-order valence-electron chi connectivity index (χ2n) is 4.66. The fourth-order valence-electron chi connectivity index (χ4n) is 1.71. The summed E-state index contributed by atoms with van der Waals surface area (Å²) < 4.78 is 5.85. The molecular weight excluding hydrogens is 322 g/mol. The van der Waals surface area contributed by atoms with E-state index in [0.717, 1.165) is 10.2 Å². The smallest absolute Gasteiger partial charge is 0.359 e. The lowest BCUT2D eigenvalue weighted by atomic mass is 10.2. The van der Waals surface area contributed by atoms with Crippen molar-refractivity contribution in [3.8, 4) is 0 Å². The van der Waals surface area contributed by atoms with Gasteiger partial charge in [-0.1, -0.05) is 23.7 Å². The summed E-state index contributed by atoms with van der Waals surface area (Å²) in [5.41, 5.74) is 0.437. The number of ether oxygens (including phenoxy) is 1. The van der Waals surface area contributed by atoms with E-state index in [-0.39, 0.29) is 17.8 Å². The predicted octanol–water partition coefficient (Wildman–Crippen LogP) is 0.907. The lowest BCUT2D eigenvalue weighted by molar-refractivity contribution is -0.124. The summed E-state index contributed by atoms with van der Waals surface area (Å²) in [6, 6.07) is 9.48. The Bertz CT molecular complexity index is 788. The number of esters is 1. The molecule has 0 unspecified atom stereocenters. The van der Waals surface area contributed by atoms with Gasteiger partial charge in [0.15, 0.2) is 12.3 Å². The molecule has 1 aromatic carbocycles. The second kappa shape index (κ2) is 7.55. The van der Waals surface area contributed by atoms with E-state index in [1.165, 1.54) is 19.2 Å². The van der Waals surface area contributed by atoms with Crippen LogP contribution in [-0.4, -0.2) is 28.3 Å².